The van der Waals surface area contributed by atoms with Gasteiger partial charge in [-0.2, -0.15) is 0 Å². The Hall–Kier alpha value is -0.520. The maximum Gasteiger partial charge on any atom is 0.0244 e. The second-order valence-corrected chi connectivity index (χ2v) is 6.34. The van der Waals surface area contributed by atoms with E-state index in [0.29, 0.717) is 23.5 Å². The first-order chi connectivity index (χ1) is 7.90. The Morgan fingerprint density at radius 1 is 1.47 bits per heavy atom. The molecule has 0 aliphatic carbocycles. The standard InChI is InChI=1S/C15H28N2/c1-7-9-13(8-2)17-11-14(15(4,5)6)16-10-12(17)3/h1,12-14,16H,8-11H2,2-6H3. The Morgan fingerprint density at radius 2 is 2.12 bits per heavy atom. The van der Waals surface area contributed by atoms with Crippen LogP contribution in [0.25, 0.3) is 0 Å². The molecule has 0 spiro atoms. The molecule has 3 atom stereocenters. The van der Waals surface area contributed by atoms with E-state index < -0.39 is 0 Å². The molecule has 2 heteroatoms. The van der Waals surface area contributed by atoms with Crippen LogP contribution in [-0.4, -0.2) is 36.1 Å². The van der Waals surface area contributed by atoms with E-state index in [-0.39, 0.29) is 0 Å². The quantitative estimate of drug-likeness (QED) is 0.757. The molecule has 0 aromatic carbocycles. The van der Waals surface area contributed by atoms with Crippen LogP contribution in [0, 0.1) is 17.8 Å². The summed E-state index contributed by atoms with van der Waals surface area (Å²) in [5.41, 5.74) is 0.312. The van der Waals surface area contributed by atoms with Crippen molar-refractivity contribution < 1.29 is 0 Å². The van der Waals surface area contributed by atoms with Crippen molar-refractivity contribution >= 4 is 0 Å². The Balaban J connectivity index is 2.72. The van der Waals surface area contributed by atoms with Crippen molar-refractivity contribution in [3.05, 3.63) is 0 Å². The highest BCUT2D eigenvalue weighted by Gasteiger charge is 2.34. The molecule has 0 aromatic rings. The molecule has 1 heterocycles. The van der Waals surface area contributed by atoms with Crippen LogP contribution in [0.4, 0.5) is 0 Å². The lowest BCUT2D eigenvalue weighted by Crippen LogP contribution is -2.61. The lowest BCUT2D eigenvalue weighted by atomic mass is 9.84. The van der Waals surface area contributed by atoms with E-state index in [1.807, 2.05) is 0 Å². The van der Waals surface area contributed by atoms with Gasteiger partial charge in [0.05, 0.1) is 0 Å². The van der Waals surface area contributed by atoms with Crippen LogP contribution in [0.3, 0.4) is 0 Å². The molecule has 2 nitrogen and oxygen atoms in total. The minimum absolute atomic E-state index is 0.312. The zero-order valence-electron chi connectivity index (χ0n) is 12.1. The van der Waals surface area contributed by atoms with Crippen LogP contribution >= 0.6 is 0 Å². The van der Waals surface area contributed by atoms with Gasteiger partial charge in [0.1, 0.15) is 0 Å². The number of hydrogen-bond acceptors (Lipinski definition) is 2. The van der Waals surface area contributed by atoms with Gasteiger partial charge in [-0.3, -0.25) is 4.90 Å². The van der Waals surface area contributed by atoms with Gasteiger partial charge in [0.15, 0.2) is 0 Å². The van der Waals surface area contributed by atoms with Gasteiger partial charge in [-0.05, 0) is 18.8 Å². The normalized spacial score (nSPS) is 28.7. The smallest absolute Gasteiger partial charge is 0.0244 e. The second kappa shape index (κ2) is 5.89. The molecule has 1 N–H and O–H groups in total. The Morgan fingerprint density at radius 3 is 2.59 bits per heavy atom. The molecule has 0 aromatic heterocycles. The minimum Gasteiger partial charge on any atom is -0.311 e. The van der Waals surface area contributed by atoms with E-state index in [1.54, 1.807) is 0 Å². The number of piperazine rings is 1. The SMILES string of the molecule is C#CCC(CC)N1CC(C(C)(C)C)NCC1C. The average Bonchev–Trinajstić information content (AvgIpc) is 2.25. The summed E-state index contributed by atoms with van der Waals surface area (Å²) < 4.78 is 0. The highest BCUT2D eigenvalue weighted by molar-refractivity contribution is 4.96. The number of nitrogens with zero attached hydrogens (tertiary/aromatic N) is 1. The number of rotatable bonds is 3. The molecule has 1 aliphatic heterocycles. The van der Waals surface area contributed by atoms with Crippen LogP contribution in [0.1, 0.15) is 47.5 Å². The molecule has 98 valence electrons. The highest BCUT2D eigenvalue weighted by atomic mass is 15.3. The van der Waals surface area contributed by atoms with E-state index in [0.717, 1.165) is 25.9 Å². The van der Waals surface area contributed by atoms with Crippen LogP contribution in [0.5, 0.6) is 0 Å². The van der Waals surface area contributed by atoms with Gasteiger partial charge >= 0.3 is 0 Å². The maximum absolute atomic E-state index is 5.49. The first-order valence-electron chi connectivity index (χ1n) is 6.82. The van der Waals surface area contributed by atoms with Crippen LogP contribution in [-0.2, 0) is 0 Å². The summed E-state index contributed by atoms with van der Waals surface area (Å²) in [5.74, 6) is 2.83. The topological polar surface area (TPSA) is 15.3 Å². The number of terminal acetylenes is 1. The molecule has 0 bridgehead atoms. The summed E-state index contributed by atoms with van der Waals surface area (Å²) in [5, 5.41) is 3.67. The van der Waals surface area contributed by atoms with Crippen LogP contribution in [0.15, 0.2) is 0 Å². The van der Waals surface area contributed by atoms with Crippen molar-refractivity contribution in [1.29, 1.82) is 0 Å². The number of hydrogen-bond donors (Lipinski definition) is 1. The minimum atomic E-state index is 0.312. The molecule has 0 amide bonds. The fourth-order valence-corrected chi connectivity index (χ4v) is 2.61. The zero-order chi connectivity index (χ0) is 13.1. The summed E-state index contributed by atoms with van der Waals surface area (Å²) in [6.45, 7) is 13.6. The van der Waals surface area contributed by atoms with E-state index in [4.69, 9.17) is 6.42 Å². The van der Waals surface area contributed by atoms with E-state index >= 15 is 0 Å². The predicted octanol–water partition coefficient (Wildman–Crippen LogP) is 2.50. The average molecular weight is 236 g/mol. The third kappa shape index (κ3) is 3.72. The summed E-state index contributed by atoms with van der Waals surface area (Å²) >= 11 is 0. The molecule has 1 fully saturated rings. The van der Waals surface area contributed by atoms with Crippen molar-refractivity contribution in [2.75, 3.05) is 13.1 Å². The van der Waals surface area contributed by atoms with E-state index in [1.165, 1.54) is 0 Å². The first kappa shape index (κ1) is 14.5. The highest BCUT2D eigenvalue weighted by Crippen LogP contribution is 2.25. The van der Waals surface area contributed by atoms with Crippen molar-refractivity contribution in [3.8, 4) is 12.3 Å². The van der Waals surface area contributed by atoms with Gasteiger partial charge in [0.25, 0.3) is 0 Å². The van der Waals surface area contributed by atoms with E-state index in [9.17, 15) is 0 Å². The molecule has 1 saturated heterocycles. The lowest BCUT2D eigenvalue weighted by molar-refractivity contribution is 0.0570. The Labute approximate surface area is 107 Å². The van der Waals surface area contributed by atoms with Gasteiger partial charge in [0.2, 0.25) is 0 Å². The van der Waals surface area contributed by atoms with Crippen molar-refractivity contribution in [2.24, 2.45) is 5.41 Å². The first-order valence-corrected chi connectivity index (χ1v) is 6.82. The van der Waals surface area contributed by atoms with Gasteiger partial charge in [-0.1, -0.05) is 27.7 Å². The zero-order valence-corrected chi connectivity index (χ0v) is 12.1. The third-order valence-corrected chi connectivity index (χ3v) is 3.96. The molecule has 3 unspecified atom stereocenters. The summed E-state index contributed by atoms with van der Waals surface area (Å²) in [6, 6.07) is 1.69. The van der Waals surface area contributed by atoms with Gasteiger partial charge < -0.3 is 5.32 Å². The molecule has 0 radical (unpaired) electrons. The lowest BCUT2D eigenvalue weighted by Gasteiger charge is -2.46. The Kier molecular flexibility index (Phi) is 5.04. The van der Waals surface area contributed by atoms with Crippen molar-refractivity contribution in [2.45, 2.75) is 65.6 Å². The number of nitrogens with one attached hydrogen (secondary N) is 1. The largest absolute Gasteiger partial charge is 0.311 e. The third-order valence-electron chi connectivity index (χ3n) is 3.96. The molecule has 1 aliphatic rings. The summed E-state index contributed by atoms with van der Waals surface area (Å²) in [7, 11) is 0. The fraction of sp³-hybridized carbons (Fsp3) is 0.867. The molecular formula is C15H28N2. The molecular weight excluding hydrogens is 208 g/mol. The summed E-state index contributed by atoms with van der Waals surface area (Å²) in [6.07, 6.45) is 7.50. The van der Waals surface area contributed by atoms with Gasteiger partial charge in [-0.25, -0.2) is 0 Å². The maximum atomic E-state index is 5.49. The van der Waals surface area contributed by atoms with Crippen molar-refractivity contribution in [3.63, 3.8) is 0 Å². The predicted molar refractivity (Wildman–Crippen MR) is 74.9 cm³/mol. The van der Waals surface area contributed by atoms with Crippen LogP contribution in [0.2, 0.25) is 0 Å². The Bertz CT molecular complexity index is 272. The second-order valence-electron chi connectivity index (χ2n) is 6.34. The molecule has 0 saturated carbocycles. The fourth-order valence-electron chi connectivity index (χ4n) is 2.61. The molecule has 17 heavy (non-hydrogen) atoms. The monoisotopic (exact) mass is 236 g/mol. The molecule has 1 rings (SSSR count). The summed E-state index contributed by atoms with van der Waals surface area (Å²) in [4.78, 5) is 2.60. The van der Waals surface area contributed by atoms with Gasteiger partial charge in [-0.15, -0.1) is 12.3 Å². The van der Waals surface area contributed by atoms with Crippen LogP contribution < -0.4 is 5.32 Å². The van der Waals surface area contributed by atoms with E-state index in [2.05, 4.69) is 50.8 Å². The van der Waals surface area contributed by atoms with Crippen molar-refractivity contribution in [1.82, 2.24) is 10.2 Å². The van der Waals surface area contributed by atoms with Gasteiger partial charge in [0, 0.05) is 37.6 Å².